The lowest BCUT2D eigenvalue weighted by molar-refractivity contribution is 0.256. The van der Waals surface area contributed by atoms with Crippen molar-refractivity contribution in [1.82, 2.24) is 0 Å². The summed E-state index contributed by atoms with van der Waals surface area (Å²) in [5.74, 6) is 0. The van der Waals surface area contributed by atoms with E-state index in [0.717, 1.165) is 4.31 Å². The van der Waals surface area contributed by atoms with Gasteiger partial charge in [-0.25, -0.2) is 4.79 Å². The second-order valence-electron chi connectivity index (χ2n) is 5.72. The van der Waals surface area contributed by atoms with Gasteiger partial charge in [0.1, 0.15) is 0 Å². The molecule has 0 aromatic heterocycles. The second-order valence-corrected chi connectivity index (χ2v) is 7.37. The number of primary amides is 1. The number of urea groups is 1. The van der Waals surface area contributed by atoms with E-state index in [1.54, 1.807) is 66.7 Å². The molecule has 0 radical (unpaired) electrons. The Balaban J connectivity index is 2.22. The first-order valence-corrected chi connectivity index (χ1v) is 9.91. The molecule has 0 bridgehead atoms. The van der Waals surface area contributed by atoms with Crippen molar-refractivity contribution in [3.05, 3.63) is 77.3 Å². The van der Waals surface area contributed by atoms with Crippen LogP contribution in [0.2, 0.25) is 0 Å². The Kier molecular flexibility index (Phi) is 5.98. The standard InChI is InChI=1S/C19H17BrN4O3S/c20-15-8-1-2-9-16(15)23(19(22)25)17-10-3-4-11-18(17)24(28(26)27)14-7-5-6-13(21)12-14/h1-12H,21H2,(H2,22,25)(H,26,27)/p-1. The number of nitrogens with zero attached hydrogens (tertiary/aromatic N) is 2. The average molecular weight is 460 g/mol. The van der Waals surface area contributed by atoms with Crippen molar-refractivity contribution in [2.75, 3.05) is 14.9 Å². The van der Waals surface area contributed by atoms with Crippen LogP contribution in [0.15, 0.2) is 77.3 Å². The quantitative estimate of drug-likeness (QED) is 0.439. The number of halogens is 1. The zero-order chi connectivity index (χ0) is 20.3. The lowest BCUT2D eigenvalue weighted by Crippen LogP contribution is -2.33. The van der Waals surface area contributed by atoms with Gasteiger partial charge in [-0.3, -0.25) is 13.4 Å². The van der Waals surface area contributed by atoms with E-state index >= 15 is 0 Å². The summed E-state index contributed by atoms with van der Waals surface area (Å²) in [4.78, 5) is 13.6. The minimum absolute atomic E-state index is 0.246. The molecular weight excluding hydrogens is 444 g/mol. The number of benzene rings is 3. The Morgan fingerprint density at radius 2 is 1.54 bits per heavy atom. The lowest BCUT2D eigenvalue weighted by Gasteiger charge is -2.32. The predicted octanol–water partition coefficient (Wildman–Crippen LogP) is 4.18. The van der Waals surface area contributed by atoms with E-state index in [0.29, 0.717) is 27.2 Å². The fourth-order valence-electron chi connectivity index (χ4n) is 2.78. The molecule has 0 saturated carbocycles. The number of nitrogen functional groups attached to an aromatic ring is 1. The number of hydrogen-bond donors (Lipinski definition) is 2. The summed E-state index contributed by atoms with van der Waals surface area (Å²) >= 11 is 0.728. The van der Waals surface area contributed by atoms with Crippen LogP contribution in [0, 0.1) is 0 Å². The molecule has 3 aromatic rings. The number of rotatable bonds is 5. The zero-order valence-electron chi connectivity index (χ0n) is 14.5. The molecule has 3 rings (SSSR count). The van der Waals surface area contributed by atoms with Crippen LogP contribution < -0.4 is 20.7 Å². The molecule has 0 spiro atoms. The SMILES string of the molecule is NC(=O)N(c1ccccc1Br)c1ccccc1N(c1cccc(N)c1)S(=O)[O-]. The molecule has 0 fully saturated rings. The van der Waals surface area contributed by atoms with Crippen LogP contribution in [0.1, 0.15) is 0 Å². The van der Waals surface area contributed by atoms with Gasteiger partial charge in [-0.1, -0.05) is 30.3 Å². The third-order valence-corrected chi connectivity index (χ3v) is 5.29. The van der Waals surface area contributed by atoms with Crippen molar-refractivity contribution in [2.45, 2.75) is 0 Å². The molecule has 3 aromatic carbocycles. The Bertz CT molecular complexity index is 1050. The summed E-state index contributed by atoms with van der Waals surface area (Å²) in [5, 5.41) is 0. The van der Waals surface area contributed by atoms with Gasteiger partial charge < -0.3 is 16.0 Å². The molecule has 0 saturated heterocycles. The van der Waals surface area contributed by atoms with E-state index in [4.69, 9.17) is 11.5 Å². The lowest BCUT2D eigenvalue weighted by atomic mass is 10.2. The summed E-state index contributed by atoms with van der Waals surface area (Å²) in [6.07, 6.45) is 0. The van der Waals surface area contributed by atoms with Gasteiger partial charge in [-0.2, -0.15) is 0 Å². The number of carbonyl (C=O) groups is 1. The van der Waals surface area contributed by atoms with Crippen LogP contribution in [0.3, 0.4) is 0 Å². The third kappa shape index (κ3) is 4.01. The van der Waals surface area contributed by atoms with Gasteiger partial charge >= 0.3 is 6.03 Å². The molecule has 9 heteroatoms. The van der Waals surface area contributed by atoms with Crippen LogP contribution in [0.4, 0.5) is 33.2 Å². The molecule has 0 aliphatic carbocycles. The highest BCUT2D eigenvalue weighted by molar-refractivity contribution is 9.10. The van der Waals surface area contributed by atoms with Gasteiger partial charge in [0.05, 0.1) is 34.0 Å². The van der Waals surface area contributed by atoms with Crippen LogP contribution in [0.5, 0.6) is 0 Å². The molecule has 0 heterocycles. The molecule has 7 nitrogen and oxygen atoms in total. The normalized spacial score (nSPS) is 11.6. The van der Waals surface area contributed by atoms with Crippen LogP contribution in [0.25, 0.3) is 0 Å². The maximum atomic E-state index is 12.3. The highest BCUT2D eigenvalue weighted by atomic mass is 79.9. The van der Waals surface area contributed by atoms with Crippen molar-refractivity contribution in [2.24, 2.45) is 5.73 Å². The highest BCUT2D eigenvalue weighted by Gasteiger charge is 2.24. The van der Waals surface area contributed by atoms with Crippen LogP contribution >= 0.6 is 15.9 Å². The fraction of sp³-hybridized carbons (Fsp3) is 0. The summed E-state index contributed by atoms with van der Waals surface area (Å²) in [6, 6.07) is 19.2. The Hall–Kier alpha value is -2.88. The largest absolute Gasteiger partial charge is 0.755 e. The highest BCUT2D eigenvalue weighted by Crippen LogP contribution is 2.40. The maximum Gasteiger partial charge on any atom is 0.323 e. The molecule has 2 amide bonds. The first-order chi connectivity index (χ1) is 13.4. The monoisotopic (exact) mass is 459 g/mol. The van der Waals surface area contributed by atoms with Crippen LogP contribution in [-0.4, -0.2) is 14.8 Å². The van der Waals surface area contributed by atoms with Gasteiger partial charge in [0.25, 0.3) is 0 Å². The second kappa shape index (κ2) is 8.42. The minimum Gasteiger partial charge on any atom is -0.755 e. The number of hydrogen-bond acceptors (Lipinski definition) is 4. The molecule has 1 atom stereocenters. The van der Waals surface area contributed by atoms with E-state index < -0.39 is 17.3 Å². The molecule has 144 valence electrons. The molecule has 0 aliphatic rings. The number of para-hydroxylation sites is 3. The molecular formula is C19H16BrN4O3S-. The molecule has 28 heavy (non-hydrogen) atoms. The van der Waals surface area contributed by atoms with Gasteiger partial charge in [0.2, 0.25) is 0 Å². The van der Waals surface area contributed by atoms with Crippen molar-refractivity contribution >= 4 is 61.7 Å². The van der Waals surface area contributed by atoms with Crippen LogP contribution in [-0.2, 0) is 11.3 Å². The Labute approximate surface area is 173 Å². The molecule has 1 unspecified atom stereocenters. The van der Waals surface area contributed by atoms with E-state index in [2.05, 4.69) is 15.9 Å². The average Bonchev–Trinajstić information content (AvgIpc) is 2.64. The number of amides is 2. The van der Waals surface area contributed by atoms with Gasteiger partial charge in [0.15, 0.2) is 0 Å². The first-order valence-electron chi connectivity index (χ1n) is 8.08. The maximum absolute atomic E-state index is 12.3. The summed E-state index contributed by atoms with van der Waals surface area (Å²) < 4.78 is 25.9. The number of anilines is 5. The van der Waals surface area contributed by atoms with Crippen molar-refractivity contribution in [3.63, 3.8) is 0 Å². The first kappa shape index (κ1) is 19.9. The number of carbonyl (C=O) groups excluding carboxylic acids is 1. The van der Waals surface area contributed by atoms with Gasteiger partial charge in [-0.05, 0) is 58.4 Å². The summed E-state index contributed by atoms with van der Waals surface area (Å²) in [7, 11) is 0. The summed E-state index contributed by atoms with van der Waals surface area (Å²) in [6.45, 7) is 0. The van der Waals surface area contributed by atoms with Gasteiger partial charge in [-0.15, -0.1) is 0 Å². The smallest absolute Gasteiger partial charge is 0.323 e. The van der Waals surface area contributed by atoms with Crippen molar-refractivity contribution in [1.29, 1.82) is 0 Å². The molecule has 0 aliphatic heterocycles. The Morgan fingerprint density at radius 3 is 2.11 bits per heavy atom. The van der Waals surface area contributed by atoms with E-state index in [-0.39, 0.29) is 5.69 Å². The number of nitrogens with two attached hydrogens (primary N) is 2. The summed E-state index contributed by atoms with van der Waals surface area (Å²) in [5.41, 5.74) is 13.2. The topological polar surface area (TPSA) is 116 Å². The van der Waals surface area contributed by atoms with Crippen molar-refractivity contribution < 1.29 is 13.6 Å². The van der Waals surface area contributed by atoms with E-state index in [1.165, 1.54) is 11.0 Å². The predicted molar refractivity (Wildman–Crippen MR) is 114 cm³/mol. The van der Waals surface area contributed by atoms with E-state index in [1.807, 2.05) is 0 Å². The fourth-order valence-corrected chi connectivity index (χ4v) is 3.84. The third-order valence-electron chi connectivity index (χ3n) is 3.91. The van der Waals surface area contributed by atoms with Gasteiger partial charge in [0, 0.05) is 10.2 Å². The Morgan fingerprint density at radius 1 is 0.929 bits per heavy atom. The van der Waals surface area contributed by atoms with E-state index in [9.17, 15) is 13.6 Å². The molecule has 4 N–H and O–H groups in total. The minimum atomic E-state index is -2.68. The van der Waals surface area contributed by atoms with Crippen molar-refractivity contribution in [3.8, 4) is 0 Å². The zero-order valence-corrected chi connectivity index (χ0v) is 16.9.